The second-order valence-corrected chi connectivity index (χ2v) is 5.16. The van der Waals surface area contributed by atoms with Gasteiger partial charge in [0.1, 0.15) is 0 Å². The van der Waals surface area contributed by atoms with Gasteiger partial charge in [0.25, 0.3) is 0 Å². The van der Waals surface area contributed by atoms with E-state index in [2.05, 4.69) is 25.2 Å². The minimum atomic E-state index is 0.428. The molecular weight excluding hydrogens is 440 g/mol. The summed E-state index contributed by atoms with van der Waals surface area (Å²) in [6.07, 6.45) is 0. The van der Waals surface area contributed by atoms with Crippen LogP contribution in [0.1, 0.15) is 20.8 Å². The summed E-state index contributed by atoms with van der Waals surface area (Å²) >= 11 is 3.18. The van der Waals surface area contributed by atoms with Gasteiger partial charge in [-0.25, -0.2) is 0 Å². The molecule has 0 N–H and O–H groups in total. The van der Waals surface area contributed by atoms with Gasteiger partial charge >= 0.3 is 73.2 Å². The zero-order valence-corrected chi connectivity index (χ0v) is 11.3. The summed E-state index contributed by atoms with van der Waals surface area (Å²) in [7, 11) is 0. The van der Waals surface area contributed by atoms with E-state index in [1.54, 1.807) is 42.6 Å². The Bertz CT molecular complexity index is 108. The Morgan fingerprint density at radius 1 is 1.38 bits per heavy atom. The Labute approximate surface area is 72.9 Å². The summed E-state index contributed by atoms with van der Waals surface area (Å²) in [4.78, 5) is 0. The molecule has 0 saturated heterocycles. The van der Waals surface area contributed by atoms with Crippen molar-refractivity contribution in [3.05, 3.63) is 0 Å². The van der Waals surface area contributed by atoms with Crippen molar-refractivity contribution in [1.82, 2.24) is 0 Å². The summed E-state index contributed by atoms with van der Waals surface area (Å²) in [5.74, 6) is 0. The monoisotopic (exact) mass is 450 g/mol. The molecule has 0 rings (SSSR count). The summed E-state index contributed by atoms with van der Waals surface area (Å²) in [6, 6.07) is 0. The van der Waals surface area contributed by atoms with Crippen LogP contribution in [-0.2, 0) is 38.7 Å². The second kappa shape index (κ2) is 3.33. The maximum atomic E-state index is 2.29. The zero-order chi connectivity index (χ0) is 6.78. The van der Waals surface area contributed by atoms with E-state index in [4.69, 9.17) is 0 Å². The van der Waals surface area contributed by atoms with Gasteiger partial charge in [-0.15, -0.1) is 0 Å². The van der Waals surface area contributed by atoms with E-state index in [1.165, 1.54) is 0 Å². The Kier molecular flexibility index (Phi) is 3.79. The molecule has 0 aliphatic heterocycles. The minimum absolute atomic E-state index is 0.428. The van der Waals surface area contributed by atoms with Crippen LogP contribution >= 0.6 is 0 Å². The first kappa shape index (κ1) is 9.12. The summed E-state index contributed by atoms with van der Waals surface area (Å²) in [5.41, 5.74) is 0.428. The molecule has 2 heteroatoms. The van der Waals surface area contributed by atoms with Gasteiger partial charge in [0.05, 0.1) is 0 Å². The molecule has 0 nitrogen and oxygen atoms in total. The average Bonchev–Trinajstić information content (AvgIpc) is 1.62. The van der Waals surface area contributed by atoms with Crippen LogP contribution in [-0.4, -0.2) is 8.30 Å². The van der Waals surface area contributed by atoms with Crippen molar-refractivity contribution >= 4 is 8.30 Å². The van der Waals surface area contributed by atoms with Crippen LogP contribution in [0.5, 0.6) is 0 Å². The first-order valence-electron chi connectivity index (χ1n) is 2.48. The summed E-state index contributed by atoms with van der Waals surface area (Å²) in [6.45, 7) is 6.78. The Hall–Kier alpha value is 1.12. The van der Waals surface area contributed by atoms with Gasteiger partial charge < -0.3 is 0 Å². The van der Waals surface area contributed by atoms with Crippen molar-refractivity contribution in [1.29, 1.82) is 0 Å². The molecule has 0 aromatic heterocycles. The predicted molar refractivity (Wildman–Crippen MR) is 30.5 cm³/mol. The molecule has 8 heavy (non-hydrogen) atoms. The molecule has 0 amide bonds. The molecule has 0 atom stereocenters. The van der Waals surface area contributed by atoms with E-state index >= 15 is 0 Å². The second-order valence-electron chi connectivity index (χ2n) is 2.73. The molecule has 0 fully saturated rings. The maximum absolute atomic E-state index is 2.29. The van der Waals surface area contributed by atoms with Crippen LogP contribution in [0, 0.1) is 5.41 Å². The molecule has 0 aliphatic rings. The third-order valence-corrected chi connectivity index (χ3v) is 6.65. The Morgan fingerprint density at radius 3 is 1.75 bits per heavy atom. The van der Waals surface area contributed by atoms with Gasteiger partial charge in [-0.3, -0.25) is 0 Å². The normalized spacial score (nSPS) is 10.9. The molecule has 0 aromatic carbocycles. The van der Waals surface area contributed by atoms with Crippen molar-refractivity contribution in [3.8, 4) is 0 Å². The van der Waals surface area contributed by atoms with Crippen LogP contribution in [0.25, 0.3) is 0 Å². The molecule has 0 aromatic rings. The Balaban J connectivity index is 4.02. The zero-order valence-electron chi connectivity index (χ0n) is 5.39. The third-order valence-electron chi connectivity index (χ3n) is 0.846. The molecule has 0 bridgehead atoms. The van der Waals surface area contributed by atoms with E-state index in [-0.39, 0.29) is 0 Å². The standard InChI is InChI=1S/C6H10.2W/c1-5-6(2,3)4;;/h1H,2-4H3;;. The van der Waals surface area contributed by atoms with Crippen molar-refractivity contribution in [2.45, 2.75) is 20.8 Å². The fourth-order valence-corrected chi connectivity index (χ4v) is 1.45. The van der Waals surface area contributed by atoms with Crippen molar-refractivity contribution < 1.29 is 38.7 Å². The number of hydrogen-bond acceptors (Lipinski definition) is 0. The first-order valence-corrected chi connectivity index (χ1v) is 5.64. The molecule has 0 saturated carbocycles. The van der Waals surface area contributed by atoms with Crippen LogP contribution < -0.4 is 0 Å². The number of rotatable bonds is 1. The van der Waals surface area contributed by atoms with Crippen LogP contribution in [0.15, 0.2) is 0 Å². The third kappa shape index (κ3) is 3.20. The van der Waals surface area contributed by atoms with E-state index in [9.17, 15) is 0 Å². The predicted octanol–water partition coefficient (Wildman–Crippen LogP) is 1.10. The molecule has 0 unspecified atom stereocenters. The van der Waals surface area contributed by atoms with E-state index < -0.39 is 0 Å². The number of hydrogen-bond donors (Lipinski definition) is 0. The molecule has 0 radical (unpaired) electrons. The Morgan fingerprint density at radius 2 is 1.75 bits per heavy atom. The molecule has 0 aliphatic carbocycles. The topological polar surface area (TPSA) is 0 Å². The van der Waals surface area contributed by atoms with Crippen molar-refractivity contribution in [2.75, 3.05) is 0 Å². The van der Waals surface area contributed by atoms with Crippen LogP contribution in [0.3, 0.4) is 0 Å². The fourth-order valence-electron chi connectivity index (χ4n) is 0.177. The van der Waals surface area contributed by atoms with Crippen molar-refractivity contribution in [2.24, 2.45) is 5.41 Å². The SMILES string of the molecule is CC(C)(C)[C](=[W])[CH]=[W]. The van der Waals surface area contributed by atoms with Crippen LogP contribution in [0.2, 0.25) is 0 Å². The van der Waals surface area contributed by atoms with E-state index in [1.807, 2.05) is 0 Å². The van der Waals surface area contributed by atoms with E-state index in [0.717, 1.165) is 0 Å². The molecule has 0 spiro atoms. The molecule has 0 heterocycles. The molecular formula is C6H10W2. The van der Waals surface area contributed by atoms with Gasteiger partial charge in [0, 0.05) is 0 Å². The summed E-state index contributed by atoms with van der Waals surface area (Å²) < 4.78 is 3.86. The van der Waals surface area contributed by atoms with E-state index in [0.29, 0.717) is 5.41 Å². The van der Waals surface area contributed by atoms with Crippen molar-refractivity contribution in [3.63, 3.8) is 0 Å². The summed E-state index contributed by atoms with van der Waals surface area (Å²) in [5, 5.41) is 0. The average molecular weight is 450 g/mol. The van der Waals surface area contributed by atoms with Gasteiger partial charge in [0.15, 0.2) is 0 Å². The van der Waals surface area contributed by atoms with Gasteiger partial charge in [-0.2, -0.15) is 0 Å². The molecule has 46 valence electrons. The quantitative estimate of drug-likeness (QED) is 0.562. The van der Waals surface area contributed by atoms with Gasteiger partial charge in [0.2, 0.25) is 0 Å². The fraction of sp³-hybridized carbons (Fsp3) is 0.667. The first-order chi connectivity index (χ1) is 3.48. The van der Waals surface area contributed by atoms with Crippen LogP contribution in [0.4, 0.5) is 0 Å². The van der Waals surface area contributed by atoms with Gasteiger partial charge in [-0.05, 0) is 0 Å². The van der Waals surface area contributed by atoms with Gasteiger partial charge in [-0.1, -0.05) is 0 Å².